The first kappa shape index (κ1) is 12.5. The van der Waals surface area contributed by atoms with Crippen LogP contribution in [-0.2, 0) is 0 Å². The number of hydrogen-bond acceptors (Lipinski definition) is 1. The van der Waals surface area contributed by atoms with Gasteiger partial charge in [0.1, 0.15) is 0 Å². The number of ketones is 1. The topological polar surface area (TPSA) is 17.1 Å². The number of Topliss-reactive ketones (excluding diaryl/α,β-unsaturated/α-hetero) is 1. The number of hydrogen-bond donors (Lipinski definition) is 0. The lowest BCUT2D eigenvalue weighted by atomic mass is 10.0. The normalized spacial score (nSPS) is 10.3. The summed E-state index contributed by atoms with van der Waals surface area (Å²) in [6, 6.07) is 5.43. The Kier molecular flexibility index (Phi) is 5.13. The van der Waals surface area contributed by atoms with Gasteiger partial charge in [-0.1, -0.05) is 23.7 Å². The molecule has 0 aromatic heterocycles. The van der Waals surface area contributed by atoms with Crippen molar-refractivity contribution in [1.82, 2.24) is 0 Å². The summed E-state index contributed by atoms with van der Waals surface area (Å²) in [5.74, 6) is 0.766. The Morgan fingerprint density at radius 1 is 1.33 bits per heavy atom. The second-order valence-electron chi connectivity index (χ2n) is 3.48. The minimum atomic E-state index is 0.153. The van der Waals surface area contributed by atoms with Gasteiger partial charge in [0.25, 0.3) is 0 Å². The van der Waals surface area contributed by atoms with Crippen molar-refractivity contribution in [2.75, 3.05) is 5.88 Å². The molecule has 0 atom stereocenters. The predicted octanol–water partition coefficient (Wildman–Crippen LogP) is 4.24. The summed E-state index contributed by atoms with van der Waals surface area (Å²) in [7, 11) is 0. The van der Waals surface area contributed by atoms with Crippen molar-refractivity contribution in [3.05, 3.63) is 34.3 Å². The van der Waals surface area contributed by atoms with Crippen LogP contribution >= 0.6 is 23.2 Å². The Labute approximate surface area is 100 Å². The maximum absolute atomic E-state index is 11.8. The number of rotatable bonds is 5. The van der Waals surface area contributed by atoms with Gasteiger partial charge in [-0.05, 0) is 31.4 Å². The van der Waals surface area contributed by atoms with Gasteiger partial charge in [0.05, 0.1) is 0 Å². The van der Waals surface area contributed by atoms with Crippen molar-refractivity contribution in [3.63, 3.8) is 0 Å². The lowest BCUT2D eigenvalue weighted by Gasteiger charge is -2.05. The molecule has 0 aliphatic carbocycles. The third kappa shape index (κ3) is 3.51. The van der Waals surface area contributed by atoms with E-state index in [1.807, 2.05) is 19.1 Å². The lowest BCUT2D eigenvalue weighted by Crippen LogP contribution is -2.02. The Bertz CT molecular complexity index is 347. The monoisotopic (exact) mass is 244 g/mol. The van der Waals surface area contributed by atoms with Crippen molar-refractivity contribution >= 4 is 29.0 Å². The smallest absolute Gasteiger partial charge is 0.163 e. The molecule has 0 N–H and O–H groups in total. The highest BCUT2D eigenvalue weighted by molar-refractivity contribution is 6.31. The van der Waals surface area contributed by atoms with Crippen molar-refractivity contribution in [2.45, 2.75) is 26.2 Å². The molecular weight excluding hydrogens is 231 g/mol. The van der Waals surface area contributed by atoms with Crippen LogP contribution in [0.5, 0.6) is 0 Å². The molecule has 0 aliphatic heterocycles. The summed E-state index contributed by atoms with van der Waals surface area (Å²) in [4.78, 5) is 11.8. The van der Waals surface area contributed by atoms with E-state index in [4.69, 9.17) is 23.2 Å². The van der Waals surface area contributed by atoms with Crippen LogP contribution in [0, 0.1) is 6.92 Å². The number of alkyl halides is 1. The van der Waals surface area contributed by atoms with Gasteiger partial charge in [-0.25, -0.2) is 0 Å². The van der Waals surface area contributed by atoms with E-state index >= 15 is 0 Å². The van der Waals surface area contributed by atoms with E-state index in [9.17, 15) is 4.79 Å². The van der Waals surface area contributed by atoms with Gasteiger partial charge < -0.3 is 0 Å². The third-order valence-corrected chi connectivity index (χ3v) is 3.03. The molecule has 1 aromatic carbocycles. The molecule has 0 unspecified atom stereocenters. The van der Waals surface area contributed by atoms with Crippen LogP contribution in [0.25, 0.3) is 0 Å². The van der Waals surface area contributed by atoms with Gasteiger partial charge in [-0.3, -0.25) is 4.79 Å². The van der Waals surface area contributed by atoms with Crippen molar-refractivity contribution in [3.8, 4) is 0 Å². The number of carbonyl (C=O) groups excluding carboxylic acids is 1. The first-order valence-corrected chi connectivity index (χ1v) is 5.92. The standard InChI is InChI=1S/C12H14Cl2O/c1-9-10(5-4-6-11(9)14)12(15)7-2-3-8-13/h4-6H,2-3,7-8H2,1H3. The molecule has 0 fully saturated rings. The maximum atomic E-state index is 11.8. The summed E-state index contributed by atoms with van der Waals surface area (Å²) in [6.45, 7) is 1.87. The van der Waals surface area contributed by atoms with E-state index in [0.29, 0.717) is 17.3 Å². The van der Waals surface area contributed by atoms with E-state index in [0.717, 1.165) is 24.0 Å². The first-order valence-electron chi connectivity index (χ1n) is 5.01. The molecule has 0 radical (unpaired) electrons. The number of halogens is 2. The van der Waals surface area contributed by atoms with Crippen LogP contribution in [0.1, 0.15) is 35.2 Å². The van der Waals surface area contributed by atoms with Crippen LogP contribution in [0.2, 0.25) is 5.02 Å². The van der Waals surface area contributed by atoms with Crippen LogP contribution < -0.4 is 0 Å². The highest BCUT2D eigenvalue weighted by atomic mass is 35.5. The Morgan fingerprint density at radius 2 is 2.07 bits per heavy atom. The largest absolute Gasteiger partial charge is 0.294 e. The maximum Gasteiger partial charge on any atom is 0.163 e. The molecule has 0 heterocycles. The van der Waals surface area contributed by atoms with E-state index < -0.39 is 0 Å². The van der Waals surface area contributed by atoms with Crippen LogP contribution in [0.15, 0.2) is 18.2 Å². The molecule has 0 aliphatic rings. The van der Waals surface area contributed by atoms with Crippen LogP contribution in [0.4, 0.5) is 0 Å². The predicted molar refractivity (Wildman–Crippen MR) is 65.1 cm³/mol. The fourth-order valence-corrected chi connectivity index (χ4v) is 1.79. The molecule has 0 saturated heterocycles. The average molecular weight is 245 g/mol. The molecule has 0 spiro atoms. The highest BCUT2D eigenvalue weighted by Gasteiger charge is 2.09. The molecule has 1 aromatic rings. The minimum Gasteiger partial charge on any atom is -0.294 e. The van der Waals surface area contributed by atoms with Crippen LogP contribution in [-0.4, -0.2) is 11.7 Å². The zero-order valence-corrected chi connectivity index (χ0v) is 10.2. The fourth-order valence-electron chi connectivity index (χ4n) is 1.42. The molecule has 1 nitrogen and oxygen atoms in total. The lowest BCUT2D eigenvalue weighted by molar-refractivity contribution is 0.0979. The number of unbranched alkanes of at least 4 members (excludes halogenated alkanes) is 1. The Hall–Kier alpha value is -0.530. The van der Waals surface area contributed by atoms with Crippen molar-refractivity contribution in [1.29, 1.82) is 0 Å². The van der Waals surface area contributed by atoms with Gasteiger partial charge in [0.2, 0.25) is 0 Å². The zero-order chi connectivity index (χ0) is 11.3. The van der Waals surface area contributed by atoms with Gasteiger partial charge in [-0.2, -0.15) is 0 Å². The second-order valence-corrected chi connectivity index (χ2v) is 4.27. The van der Waals surface area contributed by atoms with E-state index in [-0.39, 0.29) is 5.78 Å². The average Bonchev–Trinajstić information content (AvgIpc) is 2.22. The van der Waals surface area contributed by atoms with Crippen molar-refractivity contribution in [2.24, 2.45) is 0 Å². The summed E-state index contributed by atoms with van der Waals surface area (Å²) in [5.41, 5.74) is 1.60. The molecule has 15 heavy (non-hydrogen) atoms. The molecule has 0 saturated carbocycles. The Morgan fingerprint density at radius 3 is 2.73 bits per heavy atom. The summed E-state index contributed by atoms with van der Waals surface area (Å²) in [6.07, 6.45) is 2.27. The second kappa shape index (κ2) is 6.14. The van der Waals surface area contributed by atoms with E-state index in [1.54, 1.807) is 6.07 Å². The van der Waals surface area contributed by atoms with Gasteiger partial charge >= 0.3 is 0 Å². The summed E-state index contributed by atoms with van der Waals surface area (Å²) < 4.78 is 0. The van der Waals surface area contributed by atoms with E-state index in [2.05, 4.69) is 0 Å². The first-order chi connectivity index (χ1) is 7.16. The van der Waals surface area contributed by atoms with Crippen molar-refractivity contribution < 1.29 is 4.79 Å². The van der Waals surface area contributed by atoms with Gasteiger partial charge in [-0.15, -0.1) is 11.6 Å². The summed E-state index contributed by atoms with van der Waals surface area (Å²) in [5, 5.41) is 0.651. The minimum absolute atomic E-state index is 0.153. The Balaban J connectivity index is 2.69. The van der Waals surface area contributed by atoms with E-state index in [1.165, 1.54) is 0 Å². The summed E-state index contributed by atoms with van der Waals surface area (Å²) >= 11 is 11.5. The molecule has 1 rings (SSSR count). The highest BCUT2D eigenvalue weighted by Crippen LogP contribution is 2.20. The zero-order valence-electron chi connectivity index (χ0n) is 8.72. The molecule has 0 amide bonds. The quantitative estimate of drug-likeness (QED) is 0.430. The molecular formula is C12H14Cl2O. The molecule has 82 valence electrons. The van der Waals surface area contributed by atoms with Gasteiger partial charge in [0.15, 0.2) is 5.78 Å². The number of benzene rings is 1. The fraction of sp³-hybridized carbons (Fsp3) is 0.417. The third-order valence-electron chi connectivity index (χ3n) is 2.36. The molecule has 3 heteroatoms. The van der Waals surface area contributed by atoms with Gasteiger partial charge in [0, 0.05) is 22.9 Å². The molecule has 0 bridgehead atoms. The van der Waals surface area contributed by atoms with Crippen LogP contribution in [0.3, 0.4) is 0 Å². The number of carbonyl (C=O) groups is 1. The SMILES string of the molecule is Cc1c(Cl)cccc1C(=O)CCCCCl.